The van der Waals surface area contributed by atoms with E-state index in [1.165, 1.54) is 18.2 Å². The Labute approximate surface area is 180 Å². The Kier molecular flexibility index (Phi) is 5.68. The van der Waals surface area contributed by atoms with Gasteiger partial charge in [0.25, 0.3) is 15.9 Å². The summed E-state index contributed by atoms with van der Waals surface area (Å²) in [5.74, 6) is 0.0314. The van der Waals surface area contributed by atoms with Crippen molar-refractivity contribution in [2.45, 2.75) is 17.7 Å². The molecule has 4 rings (SSSR count). The minimum atomic E-state index is -3.87. The lowest BCUT2D eigenvalue weighted by molar-refractivity contribution is -0.117. The van der Waals surface area contributed by atoms with Crippen molar-refractivity contribution >= 4 is 39.0 Å². The first kappa shape index (κ1) is 20.5. The summed E-state index contributed by atoms with van der Waals surface area (Å²) in [7, 11) is -3.87. The molecule has 0 saturated carbocycles. The Bertz CT molecular complexity index is 1210. The predicted octanol–water partition coefficient (Wildman–Crippen LogP) is 3.26. The Morgan fingerprint density at radius 3 is 2.48 bits per heavy atom. The van der Waals surface area contributed by atoms with E-state index in [1.807, 2.05) is 0 Å². The Morgan fingerprint density at radius 2 is 1.81 bits per heavy atom. The summed E-state index contributed by atoms with van der Waals surface area (Å²) in [5.41, 5.74) is 1.22. The van der Waals surface area contributed by atoms with E-state index in [0.29, 0.717) is 24.5 Å². The van der Waals surface area contributed by atoms with Crippen molar-refractivity contribution in [3.05, 3.63) is 78.5 Å². The lowest BCUT2D eigenvalue weighted by Crippen LogP contribution is -2.23. The molecule has 1 aromatic heterocycles. The quantitative estimate of drug-likeness (QED) is 0.617. The molecule has 0 atom stereocenters. The fraction of sp³-hybridized carbons (Fsp3) is 0.136. The number of pyridine rings is 1. The molecule has 2 amide bonds. The number of amides is 2. The number of sulfonamides is 1. The van der Waals surface area contributed by atoms with Gasteiger partial charge in [0.1, 0.15) is 5.82 Å². The van der Waals surface area contributed by atoms with Crippen molar-refractivity contribution in [3.8, 4) is 0 Å². The molecule has 2 aromatic carbocycles. The van der Waals surface area contributed by atoms with Gasteiger partial charge in [-0.05, 0) is 61.0 Å². The smallest absolute Gasteiger partial charge is 0.261 e. The third kappa shape index (κ3) is 4.72. The highest BCUT2D eigenvalue weighted by Gasteiger charge is 2.22. The van der Waals surface area contributed by atoms with E-state index in [2.05, 4.69) is 15.0 Å². The van der Waals surface area contributed by atoms with Gasteiger partial charge in [-0.3, -0.25) is 14.3 Å². The third-order valence-corrected chi connectivity index (χ3v) is 6.21. The number of carbonyl (C=O) groups is 2. The van der Waals surface area contributed by atoms with E-state index >= 15 is 0 Å². The van der Waals surface area contributed by atoms with Gasteiger partial charge in [-0.1, -0.05) is 12.1 Å². The Morgan fingerprint density at radius 1 is 1.00 bits per heavy atom. The first-order valence-electron chi connectivity index (χ1n) is 9.68. The molecule has 1 aliphatic rings. The molecule has 0 aliphatic carbocycles. The first-order chi connectivity index (χ1) is 14.9. The number of benzene rings is 2. The summed E-state index contributed by atoms with van der Waals surface area (Å²) in [6.45, 7) is 0.635. The molecule has 3 aromatic rings. The SMILES string of the molecule is O=C(Nc1ccccn1)c1cccc(NS(=O)(=O)c2ccc(N3CCCC3=O)cc2)c1. The van der Waals surface area contributed by atoms with E-state index in [0.717, 1.165) is 6.42 Å². The van der Waals surface area contributed by atoms with Crippen LogP contribution >= 0.6 is 0 Å². The van der Waals surface area contributed by atoms with Crippen LogP contribution in [0.1, 0.15) is 23.2 Å². The number of hydrogen-bond acceptors (Lipinski definition) is 5. The molecular weight excluding hydrogens is 416 g/mol. The van der Waals surface area contributed by atoms with Gasteiger partial charge >= 0.3 is 0 Å². The Balaban J connectivity index is 1.48. The molecule has 2 N–H and O–H groups in total. The maximum absolute atomic E-state index is 12.8. The fourth-order valence-electron chi connectivity index (χ4n) is 3.29. The highest BCUT2D eigenvalue weighted by molar-refractivity contribution is 7.92. The largest absolute Gasteiger partial charge is 0.312 e. The first-order valence-corrected chi connectivity index (χ1v) is 11.2. The predicted molar refractivity (Wildman–Crippen MR) is 117 cm³/mol. The van der Waals surface area contributed by atoms with Crippen LogP contribution in [0.15, 0.2) is 77.8 Å². The van der Waals surface area contributed by atoms with Gasteiger partial charge in [-0.25, -0.2) is 13.4 Å². The van der Waals surface area contributed by atoms with Crippen LogP contribution in [-0.2, 0) is 14.8 Å². The molecule has 158 valence electrons. The average molecular weight is 436 g/mol. The van der Waals surface area contributed by atoms with E-state index in [-0.39, 0.29) is 22.1 Å². The number of nitrogens with one attached hydrogen (secondary N) is 2. The van der Waals surface area contributed by atoms with Gasteiger partial charge in [0.05, 0.1) is 4.90 Å². The van der Waals surface area contributed by atoms with Gasteiger partial charge < -0.3 is 10.2 Å². The molecule has 1 aliphatic heterocycles. The molecule has 1 fully saturated rings. The van der Waals surface area contributed by atoms with Crippen LogP contribution in [0.2, 0.25) is 0 Å². The summed E-state index contributed by atoms with van der Waals surface area (Å²) in [6.07, 6.45) is 2.86. The lowest BCUT2D eigenvalue weighted by atomic mass is 10.2. The normalized spacial score (nSPS) is 13.8. The third-order valence-electron chi connectivity index (χ3n) is 4.82. The summed E-state index contributed by atoms with van der Waals surface area (Å²) in [6, 6.07) is 17.5. The summed E-state index contributed by atoms with van der Waals surface area (Å²) < 4.78 is 28.0. The second kappa shape index (κ2) is 8.57. The molecule has 0 spiro atoms. The zero-order valence-electron chi connectivity index (χ0n) is 16.5. The van der Waals surface area contributed by atoms with Gasteiger partial charge in [0, 0.05) is 36.1 Å². The van der Waals surface area contributed by atoms with E-state index < -0.39 is 15.9 Å². The van der Waals surface area contributed by atoms with Crippen molar-refractivity contribution in [1.82, 2.24) is 4.98 Å². The van der Waals surface area contributed by atoms with Gasteiger partial charge in [-0.2, -0.15) is 0 Å². The number of anilines is 3. The zero-order chi connectivity index (χ0) is 21.8. The van der Waals surface area contributed by atoms with Crippen molar-refractivity contribution < 1.29 is 18.0 Å². The van der Waals surface area contributed by atoms with Crippen LogP contribution in [0.25, 0.3) is 0 Å². The average Bonchev–Trinajstić information content (AvgIpc) is 3.20. The maximum atomic E-state index is 12.8. The van der Waals surface area contributed by atoms with Crippen molar-refractivity contribution in [1.29, 1.82) is 0 Å². The maximum Gasteiger partial charge on any atom is 0.261 e. The molecule has 1 saturated heterocycles. The Hall–Kier alpha value is -3.72. The molecule has 9 heteroatoms. The number of hydrogen-bond donors (Lipinski definition) is 2. The van der Waals surface area contributed by atoms with Gasteiger partial charge in [0.2, 0.25) is 5.91 Å². The fourth-order valence-corrected chi connectivity index (χ4v) is 4.34. The van der Waals surface area contributed by atoms with Crippen molar-refractivity contribution in [2.24, 2.45) is 0 Å². The highest BCUT2D eigenvalue weighted by Crippen LogP contribution is 2.24. The minimum Gasteiger partial charge on any atom is -0.312 e. The van der Waals surface area contributed by atoms with Gasteiger partial charge in [-0.15, -0.1) is 0 Å². The second-order valence-electron chi connectivity index (χ2n) is 7.00. The molecular formula is C22H20N4O4S. The molecule has 0 radical (unpaired) electrons. The second-order valence-corrected chi connectivity index (χ2v) is 8.68. The number of carbonyl (C=O) groups excluding carboxylic acids is 2. The molecule has 0 unspecified atom stereocenters. The van der Waals surface area contributed by atoms with Crippen LogP contribution in [0.4, 0.5) is 17.2 Å². The van der Waals surface area contributed by atoms with Crippen molar-refractivity contribution in [2.75, 3.05) is 21.5 Å². The molecule has 31 heavy (non-hydrogen) atoms. The number of nitrogens with zero attached hydrogens (tertiary/aromatic N) is 2. The monoisotopic (exact) mass is 436 g/mol. The summed E-state index contributed by atoms with van der Waals surface area (Å²) in [4.78, 5) is 30.0. The van der Waals surface area contributed by atoms with Crippen LogP contribution in [-0.4, -0.2) is 31.8 Å². The standard InChI is InChI=1S/C22H20N4O4S/c27-21-8-4-14-26(21)18-9-11-19(12-10-18)31(29,30)25-17-6-3-5-16(15-17)22(28)24-20-7-1-2-13-23-20/h1-3,5-7,9-13,15,25H,4,8,14H2,(H,23,24,28). The highest BCUT2D eigenvalue weighted by atomic mass is 32.2. The molecule has 0 bridgehead atoms. The summed E-state index contributed by atoms with van der Waals surface area (Å²) >= 11 is 0. The zero-order valence-corrected chi connectivity index (χ0v) is 17.3. The van der Waals surface area contributed by atoms with Crippen molar-refractivity contribution in [3.63, 3.8) is 0 Å². The summed E-state index contributed by atoms with van der Waals surface area (Å²) in [5, 5.41) is 2.66. The van der Waals surface area contributed by atoms with Crippen LogP contribution in [0, 0.1) is 0 Å². The van der Waals surface area contributed by atoms with E-state index in [4.69, 9.17) is 0 Å². The lowest BCUT2D eigenvalue weighted by Gasteiger charge is -2.16. The number of rotatable bonds is 6. The van der Waals surface area contributed by atoms with Crippen LogP contribution in [0.3, 0.4) is 0 Å². The van der Waals surface area contributed by atoms with E-state index in [1.54, 1.807) is 59.6 Å². The number of aromatic nitrogens is 1. The molecule has 8 nitrogen and oxygen atoms in total. The van der Waals surface area contributed by atoms with Gasteiger partial charge in [0.15, 0.2) is 0 Å². The van der Waals surface area contributed by atoms with Crippen LogP contribution in [0.5, 0.6) is 0 Å². The topological polar surface area (TPSA) is 108 Å². The minimum absolute atomic E-state index is 0.0366. The molecule has 2 heterocycles. The van der Waals surface area contributed by atoms with Crippen LogP contribution < -0.4 is 14.9 Å². The van der Waals surface area contributed by atoms with E-state index in [9.17, 15) is 18.0 Å².